The standard InChI is InChI=1S/C14H16N2O2/c1-9-3-6-13(10(2)16-9)15-8-11-4-5-12(17)7-14(11)18/h3-7,15,17-18H,8H2,1-2H3. The van der Waals surface area contributed by atoms with Crippen molar-refractivity contribution in [3.8, 4) is 11.5 Å². The second-order valence-corrected chi connectivity index (χ2v) is 4.25. The van der Waals surface area contributed by atoms with E-state index in [4.69, 9.17) is 0 Å². The van der Waals surface area contributed by atoms with E-state index in [1.54, 1.807) is 12.1 Å². The van der Waals surface area contributed by atoms with Crippen LogP contribution in [-0.4, -0.2) is 15.2 Å². The molecular weight excluding hydrogens is 228 g/mol. The molecule has 94 valence electrons. The molecule has 4 nitrogen and oxygen atoms in total. The van der Waals surface area contributed by atoms with Gasteiger partial charge in [0, 0.05) is 23.9 Å². The van der Waals surface area contributed by atoms with Crippen LogP contribution in [0.4, 0.5) is 5.69 Å². The molecule has 2 aromatic rings. The van der Waals surface area contributed by atoms with E-state index in [1.165, 1.54) is 6.07 Å². The third-order valence-electron chi connectivity index (χ3n) is 2.76. The number of aryl methyl sites for hydroxylation is 2. The Bertz CT molecular complexity index is 516. The molecular formula is C14H16N2O2. The number of benzene rings is 1. The summed E-state index contributed by atoms with van der Waals surface area (Å²) in [6.45, 7) is 4.37. The highest BCUT2D eigenvalue weighted by Gasteiger charge is 2.04. The summed E-state index contributed by atoms with van der Waals surface area (Å²) in [5.41, 5.74) is 3.57. The summed E-state index contributed by atoms with van der Waals surface area (Å²) in [5.74, 6) is 0.143. The number of nitrogens with one attached hydrogen (secondary N) is 1. The summed E-state index contributed by atoms with van der Waals surface area (Å²) in [5, 5.41) is 22.1. The minimum absolute atomic E-state index is 0.0597. The van der Waals surface area contributed by atoms with Gasteiger partial charge in [0.05, 0.1) is 11.4 Å². The molecule has 0 unspecified atom stereocenters. The number of anilines is 1. The fourth-order valence-electron chi connectivity index (χ4n) is 1.77. The highest BCUT2D eigenvalue weighted by Crippen LogP contribution is 2.23. The maximum atomic E-state index is 9.67. The van der Waals surface area contributed by atoms with Gasteiger partial charge in [-0.15, -0.1) is 0 Å². The summed E-state index contributed by atoms with van der Waals surface area (Å²) in [6, 6.07) is 8.48. The molecule has 0 radical (unpaired) electrons. The van der Waals surface area contributed by atoms with Gasteiger partial charge in [0.1, 0.15) is 11.5 Å². The number of phenolic OH excluding ortho intramolecular Hbond substituents is 2. The summed E-state index contributed by atoms with van der Waals surface area (Å²) in [7, 11) is 0. The van der Waals surface area contributed by atoms with Crippen LogP contribution in [0.15, 0.2) is 30.3 Å². The molecule has 1 heterocycles. The summed E-state index contributed by atoms with van der Waals surface area (Å²) >= 11 is 0. The van der Waals surface area contributed by atoms with Crippen LogP contribution in [0.2, 0.25) is 0 Å². The van der Waals surface area contributed by atoms with E-state index in [2.05, 4.69) is 10.3 Å². The van der Waals surface area contributed by atoms with Crippen molar-refractivity contribution < 1.29 is 10.2 Å². The van der Waals surface area contributed by atoms with Crippen LogP contribution < -0.4 is 5.32 Å². The van der Waals surface area contributed by atoms with E-state index in [-0.39, 0.29) is 11.5 Å². The van der Waals surface area contributed by atoms with Crippen LogP contribution in [0, 0.1) is 13.8 Å². The second kappa shape index (κ2) is 4.96. The van der Waals surface area contributed by atoms with Crippen LogP contribution in [0.5, 0.6) is 11.5 Å². The van der Waals surface area contributed by atoms with E-state index >= 15 is 0 Å². The lowest BCUT2D eigenvalue weighted by Gasteiger charge is -2.10. The zero-order valence-corrected chi connectivity index (χ0v) is 10.4. The number of rotatable bonds is 3. The number of hydrogen-bond acceptors (Lipinski definition) is 4. The van der Waals surface area contributed by atoms with Crippen LogP contribution in [0.3, 0.4) is 0 Å². The minimum Gasteiger partial charge on any atom is -0.508 e. The van der Waals surface area contributed by atoms with Crippen LogP contribution >= 0.6 is 0 Å². The monoisotopic (exact) mass is 244 g/mol. The Balaban J connectivity index is 2.11. The average Bonchev–Trinajstić information content (AvgIpc) is 2.30. The molecule has 3 N–H and O–H groups in total. The van der Waals surface area contributed by atoms with Crippen molar-refractivity contribution in [3.05, 3.63) is 47.3 Å². The van der Waals surface area contributed by atoms with Gasteiger partial charge in [0.25, 0.3) is 0 Å². The summed E-state index contributed by atoms with van der Waals surface area (Å²) in [4.78, 5) is 4.36. The van der Waals surface area contributed by atoms with Crippen LogP contribution in [0.1, 0.15) is 17.0 Å². The average molecular weight is 244 g/mol. The largest absolute Gasteiger partial charge is 0.508 e. The maximum absolute atomic E-state index is 9.67. The van der Waals surface area contributed by atoms with Crippen LogP contribution in [0.25, 0.3) is 0 Å². The van der Waals surface area contributed by atoms with Crippen molar-refractivity contribution in [1.82, 2.24) is 4.98 Å². The van der Waals surface area contributed by atoms with Gasteiger partial charge in [-0.25, -0.2) is 0 Å². The van der Waals surface area contributed by atoms with Crippen molar-refractivity contribution in [1.29, 1.82) is 0 Å². The molecule has 1 aromatic heterocycles. The van der Waals surface area contributed by atoms with Gasteiger partial charge in [-0.1, -0.05) is 0 Å². The number of aromatic nitrogens is 1. The molecule has 0 aliphatic rings. The topological polar surface area (TPSA) is 65.4 Å². The predicted molar refractivity (Wildman–Crippen MR) is 70.8 cm³/mol. The third-order valence-corrected chi connectivity index (χ3v) is 2.76. The first kappa shape index (κ1) is 12.2. The van der Waals surface area contributed by atoms with Crippen molar-refractivity contribution in [2.45, 2.75) is 20.4 Å². The number of pyridine rings is 1. The molecule has 1 aromatic carbocycles. The normalized spacial score (nSPS) is 10.3. The predicted octanol–water partition coefficient (Wildman–Crippen LogP) is 2.72. The van der Waals surface area contributed by atoms with E-state index < -0.39 is 0 Å². The quantitative estimate of drug-likeness (QED) is 0.776. The molecule has 2 rings (SSSR count). The zero-order chi connectivity index (χ0) is 13.1. The lowest BCUT2D eigenvalue weighted by atomic mass is 10.2. The smallest absolute Gasteiger partial charge is 0.124 e. The fraction of sp³-hybridized carbons (Fsp3) is 0.214. The molecule has 0 amide bonds. The summed E-state index contributed by atoms with van der Waals surface area (Å²) in [6.07, 6.45) is 0. The van der Waals surface area contributed by atoms with Gasteiger partial charge < -0.3 is 15.5 Å². The Morgan fingerprint density at radius 3 is 2.56 bits per heavy atom. The molecule has 0 saturated carbocycles. The number of hydrogen-bond donors (Lipinski definition) is 3. The Hall–Kier alpha value is -2.23. The minimum atomic E-state index is 0.0597. The molecule has 18 heavy (non-hydrogen) atoms. The van der Waals surface area contributed by atoms with Gasteiger partial charge in [0.15, 0.2) is 0 Å². The molecule has 0 atom stereocenters. The lowest BCUT2D eigenvalue weighted by molar-refractivity contribution is 0.446. The first-order valence-corrected chi connectivity index (χ1v) is 5.75. The Morgan fingerprint density at radius 2 is 1.89 bits per heavy atom. The van der Waals surface area contributed by atoms with E-state index in [0.29, 0.717) is 6.54 Å². The molecule has 0 bridgehead atoms. The van der Waals surface area contributed by atoms with Crippen molar-refractivity contribution in [2.24, 2.45) is 0 Å². The SMILES string of the molecule is Cc1ccc(NCc2ccc(O)cc2O)c(C)n1. The maximum Gasteiger partial charge on any atom is 0.124 e. The van der Waals surface area contributed by atoms with Gasteiger partial charge >= 0.3 is 0 Å². The molecule has 0 fully saturated rings. The third kappa shape index (κ3) is 2.71. The number of aromatic hydroxyl groups is 2. The molecule has 0 saturated heterocycles. The Kier molecular flexibility index (Phi) is 3.37. The van der Waals surface area contributed by atoms with E-state index in [9.17, 15) is 10.2 Å². The first-order valence-electron chi connectivity index (χ1n) is 5.75. The molecule has 0 aliphatic carbocycles. The van der Waals surface area contributed by atoms with Gasteiger partial charge in [-0.2, -0.15) is 0 Å². The zero-order valence-electron chi connectivity index (χ0n) is 10.4. The van der Waals surface area contributed by atoms with Gasteiger partial charge in [-0.3, -0.25) is 4.98 Å². The van der Waals surface area contributed by atoms with Crippen molar-refractivity contribution in [2.75, 3.05) is 5.32 Å². The van der Waals surface area contributed by atoms with Gasteiger partial charge in [0.2, 0.25) is 0 Å². The van der Waals surface area contributed by atoms with Gasteiger partial charge in [-0.05, 0) is 38.1 Å². The molecule has 0 aliphatic heterocycles. The highest BCUT2D eigenvalue weighted by molar-refractivity contribution is 5.49. The van der Waals surface area contributed by atoms with Crippen molar-refractivity contribution in [3.63, 3.8) is 0 Å². The van der Waals surface area contributed by atoms with E-state index in [1.807, 2.05) is 26.0 Å². The van der Waals surface area contributed by atoms with E-state index in [0.717, 1.165) is 22.6 Å². The van der Waals surface area contributed by atoms with Crippen LogP contribution in [-0.2, 0) is 6.54 Å². The highest BCUT2D eigenvalue weighted by atomic mass is 16.3. The summed E-state index contributed by atoms with van der Waals surface area (Å²) < 4.78 is 0. The second-order valence-electron chi connectivity index (χ2n) is 4.25. The Labute approximate surface area is 106 Å². The lowest BCUT2D eigenvalue weighted by Crippen LogP contribution is -2.02. The van der Waals surface area contributed by atoms with Crippen molar-refractivity contribution >= 4 is 5.69 Å². The molecule has 4 heteroatoms. The number of phenols is 2. The fourth-order valence-corrected chi connectivity index (χ4v) is 1.77. The molecule has 0 spiro atoms. The number of nitrogens with zero attached hydrogens (tertiary/aromatic N) is 1. The first-order chi connectivity index (χ1) is 8.56. The Morgan fingerprint density at radius 1 is 1.11 bits per heavy atom.